The van der Waals surface area contributed by atoms with E-state index in [9.17, 15) is 14.4 Å². The Kier molecular flexibility index (Phi) is 8.31. The Morgan fingerprint density at radius 2 is 1.31 bits per heavy atom. The van der Waals surface area contributed by atoms with Crippen LogP contribution in [0.15, 0.2) is 0 Å². The third-order valence-corrected chi connectivity index (χ3v) is 12.5. The predicted octanol–water partition coefficient (Wildman–Crippen LogP) is 3.42. The minimum Gasteiger partial charge on any atom is -0.469 e. The van der Waals surface area contributed by atoms with Crippen LogP contribution in [0.3, 0.4) is 0 Å². The van der Waals surface area contributed by atoms with Gasteiger partial charge in [0.1, 0.15) is 0 Å². The first kappa shape index (κ1) is 22.7. The molecule has 0 saturated heterocycles. The van der Waals surface area contributed by atoms with Crippen molar-refractivity contribution in [1.82, 2.24) is 0 Å². The van der Waals surface area contributed by atoms with Gasteiger partial charge in [0.2, 0.25) is 0 Å². The zero-order valence-electron chi connectivity index (χ0n) is 17.1. The first-order valence-electron chi connectivity index (χ1n) is 9.51. The van der Waals surface area contributed by atoms with Gasteiger partial charge in [-0.15, -0.1) is 0 Å². The minimum absolute atomic E-state index is 0.0721. The van der Waals surface area contributed by atoms with Crippen molar-refractivity contribution in [3.63, 3.8) is 0 Å². The number of ether oxygens (including phenoxy) is 3. The van der Waals surface area contributed by atoms with Crippen LogP contribution in [0.2, 0.25) is 24.2 Å². The van der Waals surface area contributed by atoms with Crippen LogP contribution in [0.1, 0.15) is 40.0 Å². The van der Waals surface area contributed by atoms with Gasteiger partial charge >= 0.3 is 17.9 Å². The number of hydrogen-bond acceptors (Lipinski definition) is 6. The Hall–Kier alpha value is -1.37. The summed E-state index contributed by atoms with van der Waals surface area (Å²) in [6.07, 6.45) is 0.898. The molecule has 26 heavy (non-hydrogen) atoms. The van der Waals surface area contributed by atoms with Crippen molar-refractivity contribution in [3.05, 3.63) is 0 Å². The number of hydrogen-bond donors (Lipinski definition) is 0. The van der Waals surface area contributed by atoms with Gasteiger partial charge in [0.15, 0.2) is 5.41 Å². The highest BCUT2D eigenvalue weighted by Gasteiger charge is 2.58. The summed E-state index contributed by atoms with van der Waals surface area (Å²) in [4.78, 5) is 37.0. The third-order valence-electron chi connectivity index (χ3n) is 6.64. The number of methoxy groups -OCH3 is 3. The maximum absolute atomic E-state index is 12.5. The fourth-order valence-corrected chi connectivity index (χ4v) is 8.59. The number of carbonyl (C=O) groups excluding carboxylic acids is 3. The molecule has 1 rings (SSSR count). The summed E-state index contributed by atoms with van der Waals surface area (Å²) >= 11 is 0. The Morgan fingerprint density at radius 3 is 1.69 bits per heavy atom. The van der Waals surface area contributed by atoms with Gasteiger partial charge in [-0.2, -0.15) is 0 Å². The average Bonchev–Trinajstić information content (AvgIpc) is 3.03. The molecule has 0 spiro atoms. The molecule has 0 aliphatic heterocycles. The van der Waals surface area contributed by atoms with E-state index in [1.807, 2.05) is 0 Å². The van der Waals surface area contributed by atoms with Crippen molar-refractivity contribution in [2.75, 3.05) is 21.3 Å². The lowest BCUT2D eigenvalue weighted by molar-refractivity contribution is -0.169. The molecule has 1 fully saturated rings. The molecule has 0 bridgehead atoms. The molecular weight excluding hydrogens is 352 g/mol. The number of esters is 3. The smallest absolute Gasteiger partial charge is 0.323 e. The Morgan fingerprint density at radius 1 is 0.846 bits per heavy atom. The molecular formula is C19H34O6Si. The van der Waals surface area contributed by atoms with E-state index >= 15 is 0 Å². The van der Waals surface area contributed by atoms with E-state index in [4.69, 9.17) is 14.2 Å². The second kappa shape index (κ2) is 9.53. The molecule has 6 nitrogen and oxygen atoms in total. The van der Waals surface area contributed by atoms with Crippen LogP contribution in [0.5, 0.6) is 0 Å². The number of rotatable bonds is 9. The minimum atomic E-state index is -1.49. The highest BCUT2D eigenvalue weighted by atomic mass is 28.3. The standard InChI is InChI=1S/C19H34O6Si/c1-7-26(8-2,9-3)13-15-12-19(17(21)24-5,18(22)25-6)11-14(15)10-16(20)23-4/h14-15H,7-13H2,1-6H3/t14-,15+/m1/s1. The summed E-state index contributed by atoms with van der Waals surface area (Å²) < 4.78 is 14.8. The molecule has 0 aromatic rings. The second-order valence-electron chi connectivity index (χ2n) is 7.54. The zero-order chi connectivity index (χ0) is 20.0. The van der Waals surface area contributed by atoms with Gasteiger partial charge in [0, 0.05) is 6.42 Å². The molecule has 0 unspecified atom stereocenters. The largest absolute Gasteiger partial charge is 0.469 e. The van der Waals surface area contributed by atoms with Gasteiger partial charge in [-0.25, -0.2) is 0 Å². The molecule has 0 radical (unpaired) electrons. The van der Waals surface area contributed by atoms with E-state index in [0.717, 1.165) is 24.2 Å². The van der Waals surface area contributed by atoms with Crippen LogP contribution in [-0.2, 0) is 28.6 Å². The van der Waals surface area contributed by atoms with E-state index in [1.54, 1.807) is 0 Å². The van der Waals surface area contributed by atoms with Crippen LogP contribution in [0.4, 0.5) is 0 Å². The lowest BCUT2D eigenvalue weighted by Crippen LogP contribution is -2.40. The van der Waals surface area contributed by atoms with Gasteiger partial charge < -0.3 is 14.2 Å². The Balaban J connectivity index is 3.24. The maximum Gasteiger partial charge on any atom is 0.323 e. The van der Waals surface area contributed by atoms with Crippen LogP contribution < -0.4 is 0 Å². The van der Waals surface area contributed by atoms with Crippen molar-refractivity contribution in [1.29, 1.82) is 0 Å². The normalized spacial score (nSPS) is 21.9. The molecule has 0 aromatic carbocycles. The predicted molar refractivity (Wildman–Crippen MR) is 101 cm³/mol. The van der Waals surface area contributed by atoms with Gasteiger partial charge in [-0.05, 0) is 24.7 Å². The van der Waals surface area contributed by atoms with E-state index in [-0.39, 0.29) is 30.6 Å². The maximum atomic E-state index is 12.5. The first-order valence-corrected chi connectivity index (χ1v) is 12.3. The molecule has 1 aliphatic carbocycles. The van der Waals surface area contributed by atoms with Crippen molar-refractivity contribution in [2.45, 2.75) is 64.2 Å². The van der Waals surface area contributed by atoms with E-state index in [1.165, 1.54) is 21.3 Å². The van der Waals surface area contributed by atoms with E-state index < -0.39 is 25.4 Å². The van der Waals surface area contributed by atoms with Gasteiger partial charge in [-0.3, -0.25) is 14.4 Å². The molecule has 7 heteroatoms. The van der Waals surface area contributed by atoms with Gasteiger partial charge in [-0.1, -0.05) is 44.9 Å². The molecule has 2 atom stereocenters. The van der Waals surface area contributed by atoms with Crippen molar-refractivity contribution < 1.29 is 28.6 Å². The Bertz CT molecular complexity index is 490. The average molecular weight is 387 g/mol. The van der Waals surface area contributed by atoms with Crippen LogP contribution in [-0.4, -0.2) is 47.3 Å². The first-order chi connectivity index (χ1) is 12.3. The summed E-state index contributed by atoms with van der Waals surface area (Å²) in [7, 11) is 2.45. The lowest BCUT2D eigenvalue weighted by atomic mass is 9.84. The Labute approximate surface area is 158 Å². The van der Waals surface area contributed by atoms with Crippen LogP contribution in [0.25, 0.3) is 0 Å². The summed E-state index contributed by atoms with van der Waals surface area (Å²) in [6, 6.07) is 4.48. The molecule has 1 aliphatic rings. The van der Waals surface area contributed by atoms with Crippen molar-refractivity contribution in [3.8, 4) is 0 Å². The zero-order valence-corrected chi connectivity index (χ0v) is 18.1. The molecule has 1 saturated carbocycles. The summed E-state index contributed by atoms with van der Waals surface area (Å²) in [5.74, 6) is -1.37. The highest BCUT2D eigenvalue weighted by Crippen LogP contribution is 2.52. The van der Waals surface area contributed by atoms with Gasteiger partial charge in [0.25, 0.3) is 0 Å². The number of carbonyl (C=O) groups is 3. The van der Waals surface area contributed by atoms with Crippen LogP contribution in [0, 0.1) is 17.3 Å². The highest BCUT2D eigenvalue weighted by molar-refractivity contribution is 6.79. The SMILES string of the molecule is CC[Si](CC)(CC)C[C@@H]1CC(C(=O)OC)(C(=O)OC)C[C@H]1CC(=O)OC. The van der Waals surface area contributed by atoms with E-state index in [2.05, 4.69) is 20.8 Å². The lowest BCUT2D eigenvalue weighted by Gasteiger charge is -2.33. The molecule has 0 amide bonds. The van der Waals surface area contributed by atoms with Crippen LogP contribution >= 0.6 is 0 Å². The monoisotopic (exact) mass is 386 g/mol. The summed E-state index contributed by atoms with van der Waals surface area (Å²) in [5, 5.41) is 0. The molecule has 0 heterocycles. The van der Waals surface area contributed by atoms with Crippen molar-refractivity contribution in [2.24, 2.45) is 17.3 Å². The molecule has 150 valence electrons. The second-order valence-corrected chi connectivity index (χ2v) is 13.1. The molecule has 0 N–H and O–H groups in total. The quantitative estimate of drug-likeness (QED) is 0.261. The van der Waals surface area contributed by atoms with Crippen molar-refractivity contribution >= 4 is 26.0 Å². The van der Waals surface area contributed by atoms with Gasteiger partial charge in [0.05, 0.1) is 29.4 Å². The van der Waals surface area contributed by atoms with E-state index in [0.29, 0.717) is 6.42 Å². The fourth-order valence-electron chi connectivity index (χ4n) is 4.63. The summed E-state index contributed by atoms with van der Waals surface area (Å²) in [6.45, 7) is 6.70. The summed E-state index contributed by atoms with van der Waals surface area (Å²) in [5.41, 5.74) is -1.30. The molecule has 0 aromatic heterocycles. The fraction of sp³-hybridized carbons (Fsp3) is 0.842. The topological polar surface area (TPSA) is 78.9 Å². The third kappa shape index (κ3) is 4.48.